The molecule has 2 aliphatic rings. The van der Waals surface area contributed by atoms with Crippen LogP contribution < -0.4 is 10.5 Å². The Labute approximate surface area is 179 Å². The summed E-state index contributed by atoms with van der Waals surface area (Å²) in [6.07, 6.45) is 1.42. The van der Waals surface area contributed by atoms with Crippen LogP contribution >= 0.6 is 0 Å². The molecule has 168 valence electrons. The molecule has 9 nitrogen and oxygen atoms in total. The first-order valence-electron chi connectivity index (χ1n) is 10.2. The zero-order chi connectivity index (χ0) is 22.7. The number of rotatable bonds is 1. The Morgan fingerprint density at radius 3 is 2.61 bits per heavy atom. The number of carbonyl (C=O) groups excluding carboxylic acids is 4. The lowest BCUT2D eigenvalue weighted by Gasteiger charge is -2.27. The topological polar surface area (TPSA) is 113 Å². The molecular weight excluding hydrogens is 407 g/mol. The summed E-state index contributed by atoms with van der Waals surface area (Å²) >= 11 is 0. The van der Waals surface area contributed by atoms with Crippen molar-refractivity contribution in [3.63, 3.8) is 0 Å². The molecule has 0 bridgehead atoms. The largest absolute Gasteiger partial charge is 0.491 e. The average Bonchev–Trinajstić information content (AvgIpc) is 3.19. The average molecular weight is 434 g/mol. The van der Waals surface area contributed by atoms with Crippen molar-refractivity contribution in [1.29, 1.82) is 0 Å². The Morgan fingerprint density at radius 1 is 1.16 bits per heavy atom. The van der Waals surface area contributed by atoms with E-state index in [0.717, 1.165) is 23.8 Å². The Kier molecular flexibility index (Phi) is 6.77. The SMILES string of the molecule is CN1CC(=O)N2CCCC2COc2ccc(F)cc2C(=O)N(C)C(C(N)=O)CCC1=O. The molecule has 3 rings (SSSR count). The fourth-order valence-corrected chi connectivity index (χ4v) is 4.01. The molecule has 4 amide bonds. The number of hydrogen-bond donors (Lipinski definition) is 1. The van der Waals surface area contributed by atoms with E-state index in [2.05, 4.69) is 0 Å². The van der Waals surface area contributed by atoms with Gasteiger partial charge in [0, 0.05) is 27.1 Å². The van der Waals surface area contributed by atoms with E-state index in [0.29, 0.717) is 6.54 Å². The van der Waals surface area contributed by atoms with Crippen molar-refractivity contribution >= 4 is 23.6 Å². The number of nitrogens with two attached hydrogens (primary N) is 1. The molecule has 1 aromatic carbocycles. The maximum absolute atomic E-state index is 13.9. The van der Waals surface area contributed by atoms with E-state index in [9.17, 15) is 23.6 Å². The third-order valence-corrected chi connectivity index (χ3v) is 5.85. The van der Waals surface area contributed by atoms with Gasteiger partial charge in [0.15, 0.2) is 0 Å². The number of carbonyl (C=O) groups is 4. The summed E-state index contributed by atoms with van der Waals surface area (Å²) in [7, 11) is 2.90. The molecule has 0 radical (unpaired) electrons. The zero-order valence-corrected chi connectivity index (χ0v) is 17.7. The minimum Gasteiger partial charge on any atom is -0.491 e. The maximum Gasteiger partial charge on any atom is 0.258 e. The minimum absolute atomic E-state index is 0.0210. The van der Waals surface area contributed by atoms with Crippen LogP contribution in [0.3, 0.4) is 0 Å². The van der Waals surface area contributed by atoms with Gasteiger partial charge in [0.1, 0.15) is 24.2 Å². The predicted molar refractivity (Wildman–Crippen MR) is 109 cm³/mol. The second-order valence-electron chi connectivity index (χ2n) is 7.96. The zero-order valence-electron chi connectivity index (χ0n) is 17.7. The molecule has 1 fully saturated rings. The molecule has 2 heterocycles. The highest BCUT2D eigenvalue weighted by Gasteiger charge is 2.33. The van der Waals surface area contributed by atoms with Gasteiger partial charge in [-0.2, -0.15) is 0 Å². The number of amides is 4. The van der Waals surface area contributed by atoms with Gasteiger partial charge in [0.05, 0.1) is 18.2 Å². The first kappa shape index (κ1) is 22.5. The summed E-state index contributed by atoms with van der Waals surface area (Å²) in [6, 6.07) is 2.28. The number of nitrogens with zero attached hydrogens (tertiary/aromatic N) is 3. The van der Waals surface area contributed by atoms with E-state index in [1.165, 1.54) is 31.1 Å². The van der Waals surface area contributed by atoms with Crippen LogP contribution in [-0.4, -0.2) is 84.2 Å². The molecular formula is C21H27FN4O5. The molecule has 2 atom stereocenters. The molecule has 0 aliphatic carbocycles. The summed E-state index contributed by atoms with van der Waals surface area (Å²) < 4.78 is 19.8. The second-order valence-corrected chi connectivity index (χ2v) is 7.96. The van der Waals surface area contributed by atoms with Gasteiger partial charge in [0.2, 0.25) is 17.7 Å². The van der Waals surface area contributed by atoms with Crippen LogP contribution in [0.2, 0.25) is 0 Å². The van der Waals surface area contributed by atoms with Crippen molar-refractivity contribution in [2.45, 2.75) is 37.8 Å². The summed E-state index contributed by atoms with van der Waals surface area (Å²) in [5.74, 6) is -2.44. The van der Waals surface area contributed by atoms with Crippen molar-refractivity contribution in [3.05, 3.63) is 29.6 Å². The molecule has 0 aromatic heterocycles. The van der Waals surface area contributed by atoms with E-state index in [1.807, 2.05) is 0 Å². The maximum atomic E-state index is 13.9. The third-order valence-electron chi connectivity index (χ3n) is 5.85. The molecule has 31 heavy (non-hydrogen) atoms. The number of primary amides is 1. The van der Waals surface area contributed by atoms with E-state index in [4.69, 9.17) is 10.5 Å². The van der Waals surface area contributed by atoms with Crippen LogP contribution in [0.15, 0.2) is 18.2 Å². The van der Waals surface area contributed by atoms with Gasteiger partial charge < -0.3 is 25.2 Å². The summed E-state index contributed by atoms with van der Waals surface area (Å²) in [5.41, 5.74) is 5.42. The summed E-state index contributed by atoms with van der Waals surface area (Å²) in [5, 5.41) is 0. The minimum atomic E-state index is -1.08. The van der Waals surface area contributed by atoms with Crippen LogP contribution in [0, 0.1) is 5.82 Å². The molecule has 1 saturated heterocycles. The van der Waals surface area contributed by atoms with E-state index in [-0.39, 0.29) is 55.2 Å². The number of likely N-dealkylation sites (N-methyl/N-ethyl adjacent to an activating group) is 2. The number of ether oxygens (including phenoxy) is 1. The monoisotopic (exact) mass is 434 g/mol. The number of hydrogen-bond acceptors (Lipinski definition) is 5. The summed E-state index contributed by atoms with van der Waals surface area (Å²) in [4.78, 5) is 54.4. The Balaban J connectivity index is 1.97. The molecule has 1 aromatic rings. The smallest absolute Gasteiger partial charge is 0.258 e. The van der Waals surface area contributed by atoms with Crippen LogP contribution in [0.1, 0.15) is 36.0 Å². The fourth-order valence-electron chi connectivity index (χ4n) is 4.01. The predicted octanol–water partition coefficient (Wildman–Crippen LogP) is 0.374. The quantitative estimate of drug-likeness (QED) is 0.686. The molecule has 2 aliphatic heterocycles. The highest BCUT2D eigenvalue weighted by atomic mass is 19.1. The second kappa shape index (κ2) is 9.32. The van der Waals surface area contributed by atoms with Crippen molar-refractivity contribution in [3.8, 4) is 5.75 Å². The Hall–Kier alpha value is -3.17. The van der Waals surface area contributed by atoms with Gasteiger partial charge in [-0.3, -0.25) is 19.2 Å². The van der Waals surface area contributed by atoms with Gasteiger partial charge in [-0.05, 0) is 37.5 Å². The molecule has 0 spiro atoms. The van der Waals surface area contributed by atoms with Crippen LogP contribution in [0.5, 0.6) is 5.75 Å². The number of fused-ring (bicyclic) bond motifs is 2. The Bertz CT molecular complexity index is 893. The van der Waals surface area contributed by atoms with Crippen LogP contribution in [-0.2, 0) is 14.4 Å². The standard InChI is InChI=1S/C21H27FN4O5/c1-24-11-19(28)26-9-3-4-14(26)12-31-17-7-5-13(22)10-15(17)21(30)25(2)16(20(23)29)6-8-18(24)27/h5,7,10,14,16H,3-4,6,8-9,11-12H2,1-2H3,(H2,23,29). The van der Waals surface area contributed by atoms with Crippen molar-refractivity contribution in [1.82, 2.24) is 14.7 Å². The lowest BCUT2D eigenvalue weighted by molar-refractivity contribution is -0.140. The fraction of sp³-hybridized carbons (Fsp3) is 0.524. The highest BCUT2D eigenvalue weighted by molar-refractivity contribution is 5.99. The van der Waals surface area contributed by atoms with Crippen molar-refractivity contribution in [2.75, 3.05) is 33.8 Å². The van der Waals surface area contributed by atoms with Gasteiger partial charge >= 0.3 is 0 Å². The third kappa shape index (κ3) is 4.95. The van der Waals surface area contributed by atoms with E-state index in [1.54, 1.807) is 4.90 Å². The van der Waals surface area contributed by atoms with Crippen LogP contribution in [0.25, 0.3) is 0 Å². The first-order chi connectivity index (χ1) is 14.7. The first-order valence-corrected chi connectivity index (χ1v) is 10.2. The normalized spacial score (nSPS) is 23.6. The molecule has 10 heteroatoms. The van der Waals surface area contributed by atoms with Crippen LogP contribution in [0.4, 0.5) is 4.39 Å². The molecule has 2 N–H and O–H groups in total. The lowest BCUT2D eigenvalue weighted by atomic mass is 10.1. The van der Waals surface area contributed by atoms with Gasteiger partial charge in [-0.25, -0.2) is 4.39 Å². The highest BCUT2D eigenvalue weighted by Crippen LogP contribution is 2.25. The molecule has 2 unspecified atom stereocenters. The number of benzene rings is 1. The lowest BCUT2D eigenvalue weighted by Crippen LogP contribution is -2.47. The molecule has 0 saturated carbocycles. The van der Waals surface area contributed by atoms with Gasteiger partial charge in [-0.1, -0.05) is 0 Å². The Morgan fingerprint density at radius 2 is 1.90 bits per heavy atom. The van der Waals surface area contributed by atoms with Gasteiger partial charge in [-0.15, -0.1) is 0 Å². The summed E-state index contributed by atoms with van der Waals surface area (Å²) in [6.45, 7) is 0.585. The van der Waals surface area contributed by atoms with E-state index >= 15 is 0 Å². The van der Waals surface area contributed by atoms with Crippen molar-refractivity contribution in [2.24, 2.45) is 5.73 Å². The number of halogens is 1. The van der Waals surface area contributed by atoms with E-state index < -0.39 is 23.7 Å². The van der Waals surface area contributed by atoms with Gasteiger partial charge in [0.25, 0.3) is 5.91 Å². The van der Waals surface area contributed by atoms with Crippen molar-refractivity contribution < 1.29 is 28.3 Å².